The first-order chi connectivity index (χ1) is 8.11. The zero-order valence-corrected chi connectivity index (χ0v) is 12.2. The molecule has 0 spiro atoms. The molecule has 1 aromatic carbocycles. The van der Waals surface area contributed by atoms with Crippen molar-refractivity contribution in [2.75, 3.05) is 7.05 Å². The van der Waals surface area contributed by atoms with Crippen LogP contribution in [-0.2, 0) is 0 Å². The molecule has 0 saturated heterocycles. The number of thiophene rings is 1. The maximum absolute atomic E-state index is 13.3. The van der Waals surface area contributed by atoms with Gasteiger partial charge in [0.1, 0.15) is 5.82 Å². The Balaban J connectivity index is 2.45. The van der Waals surface area contributed by atoms with E-state index in [0.717, 1.165) is 14.2 Å². The quantitative estimate of drug-likeness (QED) is 0.864. The van der Waals surface area contributed by atoms with Gasteiger partial charge in [-0.15, -0.1) is 11.3 Å². The van der Waals surface area contributed by atoms with Gasteiger partial charge in [0.05, 0.1) is 9.83 Å². The van der Waals surface area contributed by atoms with Gasteiger partial charge >= 0.3 is 0 Å². The molecule has 1 atom stereocenters. The van der Waals surface area contributed by atoms with Gasteiger partial charge in [-0.3, -0.25) is 0 Å². The third kappa shape index (κ3) is 2.88. The van der Waals surface area contributed by atoms with Crippen molar-refractivity contribution in [2.45, 2.75) is 6.04 Å². The standard InChI is InChI=1S/C12H10BrClFNS/c1-16-12(10-4-5-11(13)17-10)8-6-7(15)2-3-9(8)14/h2-6,12,16H,1H3. The lowest BCUT2D eigenvalue weighted by molar-refractivity contribution is 0.618. The molecule has 1 heterocycles. The Hall–Kier alpha value is -0.420. The monoisotopic (exact) mass is 333 g/mol. The van der Waals surface area contributed by atoms with Gasteiger partial charge in [0.2, 0.25) is 0 Å². The van der Waals surface area contributed by atoms with Crippen LogP contribution in [0.4, 0.5) is 4.39 Å². The Morgan fingerprint density at radius 2 is 2.12 bits per heavy atom. The molecule has 0 radical (unpaired) electrons. The van der Waals surface area contributed by atoms with E-state index in [4.69, 9.17) is 11.6 Å². The summed E-state index contributed by atoms with van der Waals surface area (Å²) in [6, 6.07) is 8.29. The van der Waals surface area contributed by atoms with Crippen LogP contribution in [0.2, 0.25) is 5.02 Å². The van der Waals surface area contributed by atoms with Gasteiger partial charge in [0, 0.05) is 9.90 Å². The van der Waals surface area contributed by atoms with Crippen molar-refractivity contribution in [3.05, 3.63) is 55.4 Å². The summed E-state index contributed by atoms with van der Waals surface area (Å²) in [6.45, 7) is 0. The Morgan fingerprint density at radius 3 is 2.71 bits per heavy atom. The van der Waals surface area contributed by atoms with Crippen molar-refractivity contribution < 1.29 is 4.39 Å². The van der Waals surface area contributed by atoms with E-state index >= 15 is 0 Å². The molecule has 5 heteroatoms. The lowest BCUT2D eigenvalue weighted by Crippen LogP contribution is -2.17. The Morgan fingerprint density at radius 1 is 1.35 bits per heavy atom. The van der Waals surface area contributed by atoms with Crippen LogP contribution in [0.3, 0.4) is 0 Å². The highest BCUT2D eigenvalue weighted by Crippen LogP contribution is 2.34. The molecule has 90 valence electrons. The lowest BCUT2D eigenvalue weighted by atomic mass is 10.1. The minimum atomic E-state index is -0.278. The van der Waals surface area contributed by atoms with Gasteiger partial charge in [-0.25, -0.2) is 4.39 Å². The molecular weight excluding hydrogens is 325 g/mol. The summed E-state index contributed by atoms with van der Waals surface area (Å²) in [5.74, 6) is -0.278. The van der Waals surface area contributed by atoms with Gasteiger partial charge in [0.25, 0.3) is 0 Å². The maximum atomic E-state index is 13.3. The molecule has 0 bridgehead atoms. The van der Waals surface area contributed by atoms with Crippen molar-refractivity contribution in [2.24, 2.45) is 0 Å². The van der Waals surface area contributed by atoms with Crippen LogP contribution < -0.4 is 5.32 Å². The molecule has 1 unspecified atom stereocenters. The molecular formula is C12H10BrClFNS. The fraction of sp³-hybridized carbons (Fsp3) is 0.167. The molecule has 0 aliphatic rings. The molecule has 0 aliphatic carbocycles. The first-order valence-corrected chi connectivity index (χ1v) is 6.98. The molecule has 0 aliphatic heterocycles. The second kappa shape index (κ2) is 5.48. The molecule has 1 aromatic heterocycles. The highest BCUT2D eigenvalue weighted by molar-refractivity contribution is 9.11. The van der Waals surface area contributed by atoms with Crippen LogP contribution in [0.25, 0.3) is 0 Å². The van der Waals surface area contributed by atoms with Crippen LogP contribution in [0.1, 0.15) is 16.5 Å². The largest absolute Gasteiger partial charge is 0.309 e. The second-order valence-electron chi connectivity index (χ2n) is 3.53. The van der Waals surface area contributed by atoms with Crippen LogP contribution in [0, 0.1) is 5.82 Å². The SMILES string of the molecule is CNC(c1ccc(Br)s1)c1cc(F)ccc1Cl. The number of nitrogens with one attached hydrogen (secondary N) is 1. The summed E-state index contributed by atoms with van der Waals surface area (Å²) in [6.07, 6.45) is 0. The molecule has 2 rings (SSSR count). The van der Waals surface area contributed by atoms with Gasteiger partial charge in [-0.1, -0.05) is 11.6 Å². The van der Waals surface area contributed by atoms with Crippen LogP contribution in [-0.4, -0.2) is 7.05 Å². The minimum Gasteiger partial charge on any atom is -0.309 e. The average Bonchev–Trinajstić information content (AvgIpc) is 2.71. The van der Waals surface area contributed by atoms with E-state index < -0.39 is 0 Å². The normalized spacial score (nSPS) is 12.7. The van der Waals surface area contributed by atoms with Crippen LogP contribution in [0.5, 0.6) is 0 Å². The summed E-state index contributed by atoms with van der Waals surface area (Å²) in [5.41, 5.74) is 0.753. The van der Waals surface area contributed by atoms with Gasteiger partial charge in [-0.2, -0.15) is 0 Å². The fourth-order valence-electron chi connectivity index (χ4n) is 1.67. The zero-order valence-electron chi connectivity index (χ0n) is 9.01. The number of halogens is 3. The molecule has 1 nitrogen and oxygen atoms in total. The van der Waals surface area contributed by atoms with Gasteiger partial charge < -0.3 is 5.32 Å². The van der Waals surface area contributed by atoms with Gasteiger partial charge in [0.15, 0.2) is 0 Å². The molecule has 0 fully saturated rings. The third-order valence-corrected chi connectivity index (χ3v) is 4.47. The van der Waals surface area contributed by atoms with E-state index in [1.54, 1.807) is 17.4 Å². The Labute approximate surface area is 117 Å². The second-order valence-corrected chi connectivity index (χ2v) is 6.43. The summed E-state index contributed by atoms with van der Waals surface area (Å²) in [7, 11) is 1.83. The van der Waals surface area contributed by atoms with Crippen molar-refractivity contribution in [1.29, 1.82) is 0 Å². The summed E-state index contributed by atoms with van der Waals surface area (Å²) < 4.78 is 14.3. The van der Waals surface area contributed by atoms with E-state index in [9.17, 15) is 4.39 Å². The lowest BCUT2D eigenvalue weighted by Gasteiger charge is -2.16. The number of hydrogen-bond donors (Lipinski definition) is 1. The van der Waals surface area contributed by atoms with Crippen molar-refractivity contribution in [1.82, 2.24) is 5.32 Å². The Bertz CT molecular complexity index is 529. The maximum Gasteiger partial charge on any atom is 0.123 e. The topological polar surface area (TPSA) is 12.0 Å². The van der Waals surface area contributed by atoms with E-state index in [1.807, 2.05) is 19.2 Å². The summed E-state index contributed by atoms with van der Waals surface area (Å²) >= 11 is 11.1. The van der Waals surface area contributed by atoms with Crippen molar-refractivity contribution in [3.8, 4) is 0 Å². The number of rotatable bonds is 3. The van der Waals surface area contributed by atoms with E-state index in [2.05, 4.69) is 21.2 Å². The van der Waals surface area contributed by atoms with Crippen LogP contribution >= 0.6 is 38.9 Å². The fourth-order valence-corrected chi connectivity index (χ4v) is 3.45. The average molecular weight is 335 g/mol. The predicted octanol–water partition coefficient (Wildman–Crippen LogP) is 4.61. The molecule has 17 heavy (non-hydrogen) atoms. The van der Waals surface area contributed by atoms with E-state index in [0.29, 0.717) is 5.02 Å². The van der Waals surface area contributed by atoms with E-state index in [-0.39, 0.29) is 11.9 Å². The highest BCUT2D eigenvalue weighted by atomic mass is 79.9. The van der Waals surface area contributed by atoms with Crippen molar-refractivity contribution in [3.63, 3.8) is 0 Å². The number of hydrogen-bond acceptors (Lipinski definition) is 2. The number of benzene rings is 1. The molecule has 2 aromatic rings. The van der Waals surface area contributed by atoms with Crippen LogP contribution in [0.15, 0.2) is 34.1 Å². The third-order valence-electron chi connectivity index (χ3n) is 2.44. The minimum absolute atomic E-state index is 0.0884. The molecule has 0 amide bonds. The Kier molecular flexibility index (Phi) is 4.20. The smallest absolute Gasteiger partial charge is 0.123 e. The zero-order chi connectivity index (χ0) is 12.4. The molecule has 0 saturated carbocycles. The van der Waals surface area contributed by atoms with Crippen molar-refractivity contribution >= 4 is 38.9 Å². The van der Waals surface area contributed by atoms with E-state index in [1.165, 1.54) is 12.1 Å². The highest BCUT2D eigenvalue weighted by Gasteiger charge is 2.17. The predicted molar refractivity (Wildman–Crippen MR) is 74.3 cm³/mol. The summed E-state index contributed by atoms with van der Waals surface area (Å²) in [4.78, 5) is 1.09. The molecule has 1 N–H and O–H groups in total. The summed E-state index contributed by atoms with van der Waals surface area (Å²) in [5, 5.41) is 3.72. The first-order valence-electron chi connectivity index (χ1n) is 4.99. The first kappa shape index (κ1) is 13.0. The van der Waals surface area contributed by atoms with Gasteiger partial charge in [-0.05, 0) is 58.9 Å².